The normalized spacial score (nSPS) is 20.4. The fraction of sp³-hybridized carbons (Fsp3) is 0.800. The van der Waals surface area contributed by atoms with Crippen LogP contribution in [0.1, 0.15) is 57.2 Å². The number of aryl methyl sites for hydroxylation is 2. The summed E-state index contributed by atoms with van der Waals surface area (Å²) >= 11 is 0. The zero-order valence-electron chi connectivity index (χ0n) is 17.4. The minimum atomic E-state index is -3.58. The lowest BCUT2D eigenvalue weighted by molar-refractivity contribution is -0.135. The second-order valence-electron chi connectivity index (χ2n) is 8.47. The maximum absolute atomic E-state index is 12.8. The van der Waals surface area contributed by atoms with Gasteiger partial charge in [0.05, 0.1) is 0 Å². The van der Waals surface area contributed by atoms with Crippen molar-refractivity contribution in [3.05, 3.63) is 12.0 Å². The van der Waals surface area contributed by atoms with E-state index >= 15 is 0 Å². The molecular formula is C20H34N4O3S. The lowest BCUT2D eigenvalue weighted by Crippen LogP contribution is -2.43. The van der Waals surface area contributed by atoms with Gasteiger partial charge in [-0.25, -0.2) is 13.4 Å². The van der Waals surface area contributed by atoms with Gasteiger partial charge in [-0.2, -0.15) is 4.31 Å². The first-order chi connectivity index (χ1) is 13.3. The van der Waals surface area contributed by atoms with Gasteiger partial charge in [0.15, 0.2) is 5.03 Å². The van der Waals surface area contributed by atoms with E-state index in [4.69, 9.17) is 0 Å². The van der Waals surface area contributed by atoms with Crippen molar-refractivity contribution in [1.29, 1.82) is 0 Å². The first kappa shape index (κ1) is 21.3. The van der Waals surface area contributed by atoms with Crippen molar-refractivity contribution >= 4 is 15.9 Å². The summed E-state index contributed by atoms with van der Waals surface area (Å²) in [5, 5.41) is 0.0990. The van der Waals surface area contributed by atoms with E-state index in [0.29, 0.717) is 31.8 Å². The van der Waals surface area contributed by atoms with Crippen molar-refractivity contribution in [1.82, 2.24) is 18.8 Å². The molecule has 1 aliphatic heterocycles. The van der Waals surface area contributed by atoms with Gasteiger partial charge < -0.3 is 9.47 Å². The van der Waals surface area contributed by atoms with Crippen molar-refractivity contribution in [3.63, 3.8) is 0 Å². The molecule has 8 heteroatoms. The molecule has 0 aromatic carbocycles. The number of imidazole rings is 1. The molecule has 0 bridgehead atoms. The third-order valence-corrected chi connectivity index (χ3v) is 8.24. The monoisotopic (exact) mass is 410 g/mol. The SMILES string of the molecule is Cc1nc(S(=O)(=O)N2CCC(C(=O)N(C)CCC3CCCCC3)CC2)cn1C. The molecule has 0 radical (unpaired) electrons. The summed E-state index contributed by atoms with van der Waals surface area (Å²) in [6.45, 7) is 3.36. The fourth-order valence-corrected chi connectivity index (χ4v) is 5.89. The topological polar surface area (TPSA) is 75.5 Å². The van der Waals surface area contributed by atoms with Crippen LogP contribution in [-0.2, 0) is 21.9 Å². The van der Waals surface area contributed by atoms with Crippen LogP contribution in [0, 0.1) is 18.8 Å². The lowest BCUT2D eigenvalue weighted by atomic mass is 9.87. The van der Waals surface area contributed by atoms with Crippen LogP contribution in [0.2, 0.25) is 0 Å². The highest BCUT2D eigenvalue weighted by atomic mass is 32.2. The molecule has 1 saturated carbocycles. The van der Waals surface area contributed by atoms with Gasteiger partial charge >= 0.3 is 0 Å². The smallest absolute Gasteiger partial charge is 0.262 e. The highest BCUT2D eigenvalue weighted by Gasteiger charge is 2.34. The Labute approximate surface area is 169 Å². The summed E-state index contributed by atoms with van der Waals surface area (Å²) in [7, 11) is 0.0996. The average molecular weight is 411 g/mol. The van der Waals surface area contributed by atoms with E-state index < -0.39 is 10.0 Å². The Balaban J connectivity index is 1.50. The van der Waals surface area contributed by atoms with E-state index in [1.807, 2.05) is 11.9 Å². The largest absolute Gasteiger partial charge is 0.346 e. The molecule has 1 aromatic rings. The summed E-state index contributed by atoms with van der Waals surface area (Å²) < 4.78 is 28.8. The summed E-state index contributed by atoms with van der Waals surface area (Å²) in [6, 6.07) is 0. The van der Waals surface area contributed by atoms with Crippen molar-refractivity contribution in [2.24, 2.45) is 18.9 Å². The minimum absolute atomic E-state index is 0.0757. The highest BCUT2D eigenvalue weighted by Crippen LogP contribution is 2.28. The molecule has 2 heterocycles. The van der Waals surface area contributed by atoms with E-state index in [1.54, 1.807) is 24.7 Å². The second kappa shape index (κ2) is 8.95. The first-order valence-electron chi connectivity index (χ1n) is 10.5. The number of amides is 1. The van der Waals surface area contributed by atoms with Gasteiger partial charge in [-0.15, -0.1) is 0 Å². The fourth-order valence-electron chi connectivity index (χ4n) is 4.40. The molecule has 1 aromatic heterocycles. The number of nitrogens with zero attached hydrogens (tertiary/aromatic N) is 4. The second-order valence-corrected chi connectivity index (χ2v) is 10.4. The number of sulfonamides is 1. The Kier molecular flexibility index (Phi) is 6.81. The van der Waals surface area contributed by atoms with Gasteiger partial charge in [0, 0.05) is 45.8 Å². The number of rotatable bonds is 6. The van der Waals surface area contributed by atoms with Gasteiger partial charge in [0.1, 0.15) is 5.82 Å². The Morgan fingerprint density at radius 3 is 2.39 bits per heavy atom. The number of carbonyl (C=O) groups is 1. The minimum Gasteiger partial charge on any atom is -0.346 e. The maximum atomic E-state index is 12.8. The van der Waals surface area contributed by atoms with Gasteiger partial charge in [0.25, 0.3) is 10.0 Å². The van der Waals surface area contributed by atoms with E-state index in [2.05, 4.69) is 4.98 Å². The number of hydrogen-bond donors (Lipinski definition) is 0. The highest BCUT2D eigenvalue weighted by molar-refractivity contribution is 7.89. The molecule has 1 saturated heterocycles. The van der Waals surface area contributed by atoms with Crippen molar-refractivity contribution < 1.29 is 13.2 Å². The molecule has 158 valence electrons. The molecule has 0 unspecified atom stereocenters. The molecular weight excluding hydrogens is 376 g/mol. The number of carbonyl (C=O) groups excluding carboxylic acids is 1. The molecule has 2 aliphatic rings. The van der Waals surface area contributed by atoms with Crippen molar-refractivity contribution in [3.8, 4) is 0 Å². The van der Waals surface area contributed by atoms with Crippen LogP contribution >= 0.6 is 0 Å². The Bertz CT molecular complexity index is 756. The van der Waals surface area contributed by atoms with Gasteiger partial charge in [0.2, 0.25) is 5.91 Å². The summed E-state index contributed by atoms with van der Waals surface area (Å²) in [4.78, 5) is 18.8. The van der Waals surface area contributed by atoms with Crippen molar-refractivity contribution in [2.45, 2.75) is 63.3 Å². The average Bonchev–Trinajstić information content (AvgIpc) is 3.06. The van der Waals surface area contributed by atoms with E-state index in [9.17, 15) is 13.2 Å². The molecule has 7 nitrogen and oxygen atoms in total. The zero-order chi connectivity index (χ0) is 20.3. The van der Waals surface area contributed by atoms with E-state index in [1.165, 1.54) is 36.4 Å². The van der Waals surface area contributed by atoms with Crippen LogP contribution in [0.3, 0.4) is 0 Å². The molecule has 1 amide bonds. The molecule has 2 fully saturated rings. The molecule has 1 aliphatic carbocycles. The van der Waals surface area contributed by atoms with Crippen LogP contribution in [-0.4, -0.2) is 59.8 Å². The van der Waals surface area contributed by atoms with Gasteiger partial charge in [-0.1, -0.05) is 32.1 Å². The number of piperidine rings is 1. The summed E-state index contributed by atoms with van der Waals surface area (Å²) in [6.07, 6.45) is 10.4. The Hall–Kier alpha value is -1.41. The third kappa shape index (κ3) is 4.76. The first-order valence-corrected chi connectivity index (χ1v) is 12.0. The van der Waals surface area contributed by atoms with E-state index in [0.717, 1.165) is 18.9 Å². The lowest BCUT2D eigenvalue weighted by Gasteiger charge is -2.32. The molecule has 0 spiro atoms. The third-order valence-electron chi connectivity index (χ3n) is 6.47. The van der Waals surface area contributed by atoms with Crippen LogP contribution in [0.15, 0.2) is 11.2 Å². The molecule has 28 heavy (non-hydrogen) atoms. The number of hydrogen-bond acceptors (Lipinski definition) is 4. The van der Waals surface area contributed by atoms with Crippen LogP contribution < -0.4 is 0 Å². The van der Waals surface area contributed by atoms with Gasteiger partial charge in [-0.05, 0) is 32.1 Å². The summed E-state index contributed by atoms with van der Waals surface area (Å²) in [5.41, 5.74) is 0. The van der Waals surface area contributed by atoms with E-state index in [-0.39, 0.29) is 16.9 Å². The Morgan fingerprint density at radius 2 is 1.82 bits per heavy atom. The predicted octanol–water partition coefficient (Wildman–Crippen LogP) is 2.56. The molecule has 3 rings (SSSR count). The maximum Gasteiger partial charge on any atom is 0.262 e. The number of aromatic nitrogens is 2. The van der Waals surface area contributed by atoms with Gasteiger partial charge in [-0.3, -0.25) is 4.79 Å². The quantitative estimate of drug-likeness (QED) is 0.722. The van der Waals surface area contributed by atoms with Crippen LogP contribution in [0.5, 0.6) is 0 Å². The summed E-state index contributed by atoms with van der Waals surface area (Å²) in [5.74, 6) is 1.52. The van der Waals surface area contributed by atoms with Crippen molar-refractivity contribution in [2.75, 3.05) is 26.7 Å². The van der Waals surface area contributed by atoms with Crippen LogP contribution in [0.25, 0.3) is 0 Å². The van der Waals surface area contributed by atoms with Crippen LogP contribution in [0.4, 0.5) is 0 Å². The standard InChI is InChI=1S/C20H34N4O3S/c1-16-21-19(15-23(16)3)28(26,27)24-13-10-18(11-14-24)20(25)22(2)12-9-17-7-5-4-6-8-17/h15,17-18H,4-14H2,1-3H3. The Morgan fingerprint density at radius 1 is 1.18 bits per heavy atom. The predicted molar refractivity (Wildman–Crippen MR) is 108 cm³/mol. The molecule has 0 atom stereocenters. The zero-order valence-corrected chi connectivity index (χ0v) is 18.2. The molecule has 0 N–H and O–H groups in total.